The van der Waals surface area contributed by atoms with Gasteiger partial charge in [-0.1, -0.05) is 36.4 Å². The van der Waals surface area contributed by atoms with Crippen molar-refractivity contribution in [1.82, 2.24) is 19.4 Å². The summed E-state index contributed by atoms with van der Waals surface area (Å²) in [5.74, 6) is -0.105. The number of carbonyl (C=O) groups is 2. The van der Waals surface area contributed by atoms with Crippen LogP contribution in [0.15, 0.2) is 54.7 Å². The Morgan fingerprint density at radius 2 is 1.62 bits per heavy atom. The molecule has 32 heavy (non-hydrogen) atoms. The molecular formula is C24H27N5O2S. The molecule has 0 unspecified atom stereocenters. The number of nitrogens with one attached hydrogen (secondary N) is 2. The molecule has 1 aliphatic rings. The van der Waals surface area contributed by atoms with Gasteiger partial charge in [0.15, 0.2) is 4.77 Å². The lowest BCUT2D eigenvalue weighted by atomic mass is 10.1. The predicted octanol–water partition coefficient (Wildman–Crippen LogP) is 3.55. The highest BCUT2D eigenvalue weighted by Crippen LogP contribution is 2.20. The molecule has 0 bridgehead atoms. The van der Waals surface area contributed by atoms with Crippen molar-refractivity contribution in [3.8, 4) is 5.69 Å². The van der Waals surface area contributed by atoms with Gasteiger partial charge in [-0.05, 0) is 49.3 Å². The molecule has 166 valence electrons. The molecule has 0 radical (unpaired) electrons. The third-order valence-corrected chi connectivity index (χ3v) is 6.08. The standard InChI is InChI=1S/C24H27N5O2S/c1-17-7-6-8-18(2)22(17)26-21(30)16-27-11-13-28(14-12-27)23(31)20-15-25-24(32)29(20)19-9-4-3-5-10-19/h3-10,15H,11-14,16H2,1-2H3,(H,25,32)(H,26,30). The zero-order chi connectivity index (χ0) is 22.7. The van der Waals surface area contributed by atoms with Gasteiger partial charge in [-0.25, -0.2) is 0 Å². The second-order valence-electron chi connectivity index (χ2n) is 8.03. The van der Waals surface area contributed by atoms with E-state index in [0.29, 0.717) is 43.2 Å². The van der Waals surface area contributed by atoms with Gasteiger partial charge in [0.2, 0.25) is 5.91 Å². The number of para-hydroxylation sites is 2. The van der Waals surface area contributed by atoms with Crippen molar-refractivity contribution in [2.24, 2.45) is 0 Å². The Balaban J connectivity index is 1.37. The van der Waals surface area contributed by atoms with E-state index >= 15 is 0 Å². The number of benzene rings is 2. The van der Waals surface area contributed by atoms with Gasteiger partial charge < -0.3 is 15.2 Å². The number of nitrogens with zero attached hydrogens (tertiary/aromatic N) is 3. The molecule has 1 aromatic heterocycles. The van der Waals surface area contributed by atoms with Crippen molar-refractivity contribution in [1.29, 1.82) is 0 Å². The third kappa shape index (κ3) is 4.66. The van der Waals surface area contributed by atoms with Crippen LogP contribution in [0.4, 0.5) is 5.69 Å². The van der Waals surface area contributed by atoms with Gasteiger partial charge >= 0.3 is 0 Å². The summed E-state index contributed by atoms with van der Waals surface area (Å²) in [5, 5.41) is 3.03. The number of aromatic nitrogens is 2. The molecule has 2 heterocycles. The minimum atomic E-state index is -0.0687. The van der Waals surface area contributed by atoms with Gasteiger partial charge in [0.25, 0.3) is 5.91 Å². The Labute approximate surface area is 192 Å². The molecule has 2 N–H and O–H groups in total. The Bertz CT molecular complexity index is 1160. The lowest BCUT2D eigenvalue weighted by molar-refractivity contribution is -0.117. The van der Waals surface area contributed by atoms with Crippen LogP contribution in [0.25, 0.3) is 5.69 Å². The van der Waals surface area contributed by atoms with Crippen LogP contribution >= 0.6 is 12.2 Å². The van der Waals surface area contributed by atoms with Crippen LogP contribution in [-0.4, -0.2) is 63.9 Å². The van der Waals surface area contributed by atoms with E-state index in [1.165, 1.54) is 0 Å². The highest BCUT2D eigenvalue weighted by atomic mass is 32.1. The number of piperazine rings is 1. The quantitative estimate of drug-likeness (QED) is 0.585. The highest BCUT2D eigenvalue weighted by Gasteiger charge is 2.26. The maximum absolute atomic E-state index is 13.2. The zero-order valence-electron chi connectivity index (χ0n) is 18.3. The third-order valence-electron chi connectivity index (χ3n) is 5.78. The smallest absolute Gasteiger partial charge is 0.272 e. The molecule has 1 saturated heterocycles. The van der Waals surface area contributed by atoms with Crippen molar-refractivity contribution < 1.29 is 9.59 Å². The number of hydrogen-bond acceptors (Lipinski definition) is 4. The number of anilines is 1. The Kier molecular flexibility index (Phi) is 6.53. The molecule has 8 heteroatoms. The van der Waals surface area contributed by atoms with Crippen LogP contribution in [-0.2, 0) is 4.79 Å². The number of imidazole rings is 1. The van der Waals surface area contributed by atoms with E-state index in [1.807, 2.05) is 67.3 Å². The molecule has 0 spiro atoms. The first-order valence-electron chi connectivity index (χ1n) is 10.7. The molecular weight excluding hydrogens is 422 g/mol. The number of rotatable bonds is 5. The molecule has 3 aromatic rings. The molecule has 4 rings (SSSR count). The lowest BCUT2D eigenvalue weighted by Crippen LogP contribution is -2.50. The summed E-state index contributed by atoms with van der Waals surface area (Å²) in [6.45, 7) is 6.68. The Morgan fingerprint density at radius 3 is 2.28 bits per heavy atom. The summed E-state index contributed by atoms with van der Waals surface area (Å²) in [5.41, 5.74) is 4.34. The average molecular weight is 450 g/mol. The summed E-state index contributed by atoms with van der Waals surface area (Å²) in [6, 6.07) is 15.6. The van der Waals surface area contributed by atoms with E-state index in [1.54, 1.807) is 10.8 Å². The van der Waals surface area contributed by atoms with Crippen LogP contribution in [0.5, 0.6) is 0 Å². The fourth-order valence-corrected chi connectivity index (χ4v) is 4.29. The Hall–Kier alpha value is -3.23. The van der Waals surface area contributed by atoms with E-state index in [-0.39, 0.29) is 11.8 Å². The van der Waals surface area contributed by atoms with Crippen LogP contribution in [0.1, 0.15) is 21.6 Å². The summed E-state index contributed by atoms with van der Waals surface area (Å²) >= 11 is 5.40. The topological polar surface area (TPSA) is 73.4 Å². The van der Waals surface area contributed by atoms with Crippen LogP contribution in [0, 0.1) is 18.6 Å². The maximum Gasteiger partial charge on any atom is 0.272 e. The van der Waals surface area contributed by atoms with Gasteiger partial charge in [0, 0.05) is 43.8 Å². The van der Waals surface area contributed by atoms with E-state index in [4.69, 9.17) is 12.2 Å². The number of aryl methyl sites for hydroxylation is 2. The largest absolute Gasteiger partial charge is 0.336 e. The van der Waals surface area contributed by atoms with E-state index in [9.17, 15) is 9.59 Å². The van der Waals surface area contributed by atoms with E-state index in [0.717, 1.165) is 22.5 Å². The minimum absolute atomic E-state index is 0.0366. The van der Waals surface area contributed by atoms with Crippen molar-refractivity contribution in [3.05, 3.63) is 76.3 Å². The number of carbonyl (C=O) groups excluding carboxylic acids is 2. The van der Waals surface area contributed by atoms with Gasteiger partial charge in [0.1, 0.15) is 5.69 Å². The zero-order valence-corrected chi connectivity index (χ0v) is 19.1. The average Bonchev–Trinajstić information content (AvgIpc) is 3.18. The first kappa shape index (κ1) is 22.0. The molecule has 7 nitrogen and oxygen atoms in total. The molecule has 1 fully saturated rings. The van der Waals surface area contributed by atoms with Gasteiger partial charge in [-0.15, -0.1) is 0 Å². The summed E-state index contributed by atoms with van der Waals surface area (Å²) in [6.07, 6.45) is 1.67. The summed E-state index contributed by atoms with van der Waals surface area (Å²) in [4.78, 5) is 32.7. The first-order valence-corrected chi connectivity index (χ1v) is 11.1. The van der Waals surface area contributed by atoms with Crippen molar-refractivity contribution in [3.63, 3.8) is 0 Å². The summed E-state index contributed by atoms with van der Waals surface area (Å²) in [7, 11) is 0. The fourth-order valence-electron chi connectivity index (χ4n) is 4.02. The number of aromatic amines is 1. The number of hydrogen-bond donors (Lipinski definition) is 2. The molecule has 0 atom stereocenters. The summed E-state index contributed by atoms with van der Waals surface area (Å²) < 4.78 is 2.25. The number of amides is 2. The Morgan fingerprint density at radius 1 is 0.969 bits per heavy atom. The number of H-pyrrole nitrogens is 1. The lowest BCUT2D eigenvalue weighted by Gasteiger charge is -2.34. The molecule has 0 saturated carbocycles. The van der Waals surface area contributed by atoms with Gasteiger partial charge in [0.05, 0.1) is 6.54 Å². The molecule has 2 amide bonds. The predicted molar refractivity (Wildman–Crippen MR) is 128 cm³/mol. The van der Waals surface area contributed by atoms with Gasteiger partial charge in [-0.3, -0.25) is 19.1 Å². The van der Waals surface area contributed by atoms with Crippen LogP contribution in [0.3, 0.4) is 0 Å². The normalized spacial score (nSPS) is 14.4. The van der Waals surface area contributed by atoms with E-state index in [2.05, 4.69) is 15.2 Å². The second-order valence-corrected chi connectivity index (χ2v) is 8.42. The van der Waals surface area contributed by atoms with Crippen LogP contribution in [0.2, 0.25) is 0 Å². The highest BCUT2D eigenvalue weighted by molar-refractivity contribution is 7.71. The van der Waals surface area contributed by atoms with Gasteiger partial charge in [-0.2, -0.15) is 0 Å². The molecule has 2 aromatic carbocycles. The van der Waals surface area contributed by atoms with Crippen LogP contribution < -0.4 is 5.32 Å². The minimum Gasteiger partial charge on any atom is -0.336 e. The molecule has 1 aliphatic heterocycles. The van der Waals surface area contributed by atoms with Crippen molar-refractivity contribution in [2.75, 3.05) is 38.0 Å². The molecule has 0 aliphatic carbocycles. The van der Waals surface area contributed by atoms with Crippen molar-refractivity contribution >= 4 is 29.7 Å². The fraction of sp³-hybridized carbons (Fsp3) is 0.292. The first-order chi connectivity index (χ1) is 15.4. The second kappa shape index (κ2) is 9.50. The van der Waals surface area contributed by atoms with Crippen molar-refractivity contribution in [2.45, 2.75) is 13.8 Å². The SMILES string of the molecule is Cc1cccc(C)c1NC(=O)CN1CCN(C(=O)c2c[nH]c(=S)n2-c2ccccc2)CC1. The maximum atomic E-state index is 13.2. The monoisotopic (exact) mass is 449 g/mol. The van der Waals surface area contributed by atoms with E-state index < -0.39 is 0 Å².